The number of nitrogens with one attached hydrogen (secondary N) is 1. The van der Waals surface area contributed by atoms with E-state index in [1.807, 2.05) is 0 Å². The van der Waals surface area contributed by atoms with Crippen LogP contribution in [0.2, 0.25) is 0 Å². The van der Waals surface area contributed by atoms with Crippen LogP contribution in [0.1, 0.15) is 0 Å². The van der Waals surface area contributed by atoms with Crippen molar-refractivity contribution in [3.05, 3.63) is 28.1 Å². The molecular formula is C10H13FN2O4. The maximum Gasteiger partial charge on any atom is 0.313 e. The van der Waals surface area contributed by atoms with Gasteiger partial charge in [0.15, 0.2) is 11.6 Å². The molecule has 0 aliphatic carbocycles. The molecule has 0 unspecified atom stereocenters. The number of nitro groups is 1. The zero-order valence-electron chi connectivity index (χ0n) is 9.53. The van der Waals surface area contributed by atoms with Crippen molar-refractivity contribution in [2.75, 3.05) is 32.7 Å². The number of halogens is 1. The Morgan fingerprint density at radius 3 is 2.71 bits per heavy atom. The molecule has 0 aromatic heterocycles. The second-order valence-electron chi connectivity index (χ2n) is 3.18. The van der Waals surface area contributed by atoms with Crippen LogP contribution in [-0.4, -0.2) is 32.3 Å². The third-order valence-corrected chi connectivity index (χ3v) is 2.09. The van der Waals surface area contributed by atoms with Gasteiger partial charge >= 0.3 is 5.69 Å². The minimum atomic E-state index is -0.700. The van der Waals surface area contributed by atoms with Gasteiger partial charge in [-0.1, -0.05) is 0 Å². The number of benzene rings is 1. The highest BCUT2D eigenvalue weighted by molar-refractivity contribution is 5.59. The molecule has 0 heterocycles. The summed E-state index contributed by atoms with van der Waals surface area (Å²) in [5.41, 5.74) is -0.258. The van der Waals surface area contributed by atoms with E-state index in [4.69, 9.17) is 9.47 Å². The molecule has 1 rings (SSSR count). The SMILES string of the molecule is COCCNc1cc(OC)c([N+](=O)[O-])cc1F. The van der Waals surface area contributed by atoms with E-state index in [0.717, 1.165) is 6.07 Å². The molecule has 0 atom stereocenters. The van der Waals surface area contributed by atoms with Crippen LogP contribution < -0.4 is 10.1 Å². The van der Waals surface area contributed by atoms with Crippen LogP contribution in [0.15, 0.2) is 12.1 Å². The van der Waals surface area contributed by atoms with Gasteiger partial charge in [0, 0.05) is 19.7 Å². The molecular weight excluding hydrogens is 231 g/mol. The molecule has 0 radical (unpaired) electrons. The highest BCUT2D eigenvalue weighted by atomic mass is 19.1. The van der Waals surface area contributed by atoms with Gasteiger partial charge in [0.1, 0.15) is 0 Å². The number of nitro benzene ring substituents is 1. The first kappa shape index (κ1) is 13.2. The van der Waals surface area contributed by atoms with Crippen LogP contribution in [0, 0.1) is 15.9 Å². The average Bonchev–Trinajstić information content (AvgIpc) is 2.30. The van der Waals surface area contributed by atoms with Gasteiger partial charge in [-0.2, -0.15) is 0 Å². The molecule has 0 saturated carbocycles. The topological polar surface area (TPSA) is 73.6 Å². The fourth-order valence-electron chi connectivity index (χ4n) is 1.27. The Morgan fingerprint density at radius 1 is 1.47 bits per heavy atom. The smallest absolute Gasteiger partial charge is 0.313 e. The lowest BCUT2D eigenvalue weighted by atomic mass is 10.2. The summed E-state index contributed by atoms with van der Waals surface area (Å²) in [5.74, 6) is -0.690. The van der Waals surface area contributed by atoms with E-state index in [9.17, 15) is 14.5 Å². The highest BCUT2D eigenvalue weighted by Gasteiger charge is 2.18. The van der Waals surface area contributed by atoms with E-state index in [1.165, 1.54) is 20.3 Å². The van der Waals surface area contributed by atoms with Crippen LogP contribution >= 0.6 is 0 Å². The zero-order valence-corrected chi connectivity index (χ0v) is 9.53. The summed E-state index contributed by atoms with van der Waals surface area (Å²) in [4.78, 5) is 9.93. The summed E-state index contributed by atoms with van der Waals surface area (Å²) in [6.45, 7) is 0.799. The number of anilines is 1. The summed E-state index contributed by atoms with van der Waals surface area (Å²) in [7, 11) is 2.81. The van der Waals surface area contributed by atoms with Crippen LogP contribution in [0.3, 0.4) is 0 Å². The minimum Gasteiger partial charge on any atom is -0.490 e. The molecule has 94 valence electrons. The minimum absolute atomic E-state index is 0.0105. The number of ether oxygens (including phenoxy) is 2. The van der Waals surface area contributed by atoms with E-state index in [2.05, 4.69) is 5.32 Å². The second kappa shape index (κ2) is 6.00. The normalized spacial score (nSPS) is 10.1. The Balaban J connectivity index is 2.96. The Bertz CT molecular complexity index is 412. The van der Waals surface area contributed by atoms with Crippen molar-refractivity contribution in [2.45, 2.75) is 0 Å². The van der Waals surface area contributed by atoms with Crippen LogP contribution in [0.4, 0.5) is 15.8 Å². The van der Waals surface area contributed by atoms with E-state index < -0.39 is 16.4 Å². The standard InChI is InChI=1S/C10H13FN2O4/c1-16-4-3-12-8-6-10(17-2)9(13(14)15)5-7(8)11/h5-6,12H,3-4H2,1-2H3. The predicted octanol–water partition coefficient (Wildman–Crippen LogP) is 1.80. The van der Waals surface area contributed by atoms with Crippen molar-refractivity contribution in [3.8, 4) is 5.75 Å². The number of rotatable bonds is 6. The average molecular weight is 244 g/mol. The third kappa shape index (κ3) is 3.28. The van der Waals surface area contributed by atoms with E-state index in [0.29, 0.717) is 13.2 Å². The monoisotopic (exact) mass is 244 g/mol. The van der Waals surface area contributed by atoms with Crippen molar-refractivity contribution in [3.63, 3.8) is 0 Å². The molecule has 7 heteroatoms. The van der Waals surface area contributed by atoms with Crippen molar-refractivity contribution >= 4 is 11.4 Å². The summed E-state index contributed by atoms with van der Waals surface area (Å²) < 4.78 is 23.1. The first-order valence-electron chi connectivity index (χ1n) is 4.85. The maximum absolute atomic E-state index is 13.5. The van der Waals surface area contributed by atoms with Crippen LogP contribution in [0.5, 0.6) is 5.75 Å². The molecule has 1 N–H and O–H groups in total. The molecule has 0 bridgehead atoms. The highest BCUT2D eigenvalue weighted by Crippen LogP contribution is 2.32. The van der Waals surface area contributed by atoms with E-state index in [1.54, 1.807) is 0 Å². The second-order valence-corrected chi connectivity index (χ2v) is 3.18. The Labute approximate surface area is 97.5 Å². The quantitative estimate of drug-likeness (QED) is 0.469. The maximum atomic E-state index is 13.5. The van der Waals surface area contributed by atoms with Gasteiger partial charge in [0.2, 0.25) is 0 Å². The summed E-state index contributed by atoms with van der Waals surface area (Å²) in [6, 6.07) is 2.08. The van der Waals surface area contributed by atoms with E-state index in [-0.39, 0.29) is 11.4 Å². The lowest BCUT2D eigenvalue weighted by Crippen LogP contribution is -2.09. The zero-order chi connectivity index (χ0) is 12.8. The number of hydrogen-bond acceptors (Lipinski definition) is 5. The Hall–Kier alpha value is -1.89. The summed E-state index contributed by atoms with van der Waals surface area (Å²) in [6.07, 6.45) is 0. The summed E-state index contributed by atoms with van der Waals surface area (Å²) in [5, 5.41) is 13.4. The fourth-order valence-corrected chi connectivity index (χ4v) is 1.27. The molecule has 1 aromatic rings. The molecule has 17 heavy (non-hydrogen) atoms. The molecule has 1 aromatic carbocycles. The molecule has 0 amide bonds. The van der Waals surface area contributed by atoms with Crippen LogP contribution in [0.25, 0.3) is 0 Å². The third-order valence-electron chi connectivity index (χ3n) is 2.09. The fraction of sp³-hybridized carbons (Fsp3) is 0.400. The molecule has 0 aliphatic rings. The predicted molar refractivity (Wildman–Crippen MR) is 60.0 cm³/mol. The molecule has 0 fully saturated rings. The lowest BCUT2D eigenvalue weighted by Gasteiger charge is -2.09. The lowest BCUT2D eigenvalue weighted by molar-refractivity contribution is -0.385. The molecule has 6 nitrogen and oxygen atoms in total. The van der Waals surface area contributed by atoms with Crippen molar-refractivity contribution in [1.82, 2.24) is 0 Å². The number of hydrogen-bond donors (Lipinski definition) is 1. The van der Waals surface area contributed by atoms with E-state index >= 15 is 0 Å². The van der Waals surface area contributed by atoms with Crippen molar-refractivity contribution in [2.24, 2.45) is 0 Å². The van der Waals surface area contributed by atoms with Gasteiger partial charge in [-0.15, -0.1) is 0 Å². The van der Waals surface area contributed by atoms with Gasteiger partial charge in [0.25, 0.3) is 0 Å². The molecule has 0 aliphatic heterocycles. The van der Waals surface area contributed by atoms with Gasteiger partial charge < -0.3 is 14.8 Å². The first-order valence-corrected chi connectivity index (χ1v) is 4.85. The van der Waals surface area contributed by atoms with Gasteiger partial charge in [-0.3, -0.25) is 10.1 Å². The van der Waals surface area contributed by atoms with Gasteiger partial charge in [-0.05, 0) is 0 Å². The van der Waals surface area contributed by atoms with Crippen LogP contribution in [-0.2, 0) is 4.74 Å². The number of methoxy groups -OCH3 is 2. The van der Waals surface area contributed by atoms with Gasteiger partial charge in [0.05, 0.1) is 30.4 Å². The molecule has 0 saturated heterocycles. The Kier molecular flexibility index (Phi) is 4.65. The van der Waals surface area contributed by atoms with Gasteiger partial charge in [-0.25, -0.2) is 4.39 Å². The summed E-state index contributed by atoms with van der Waals surface area (Å²) >= 11 is 0. The molecule has 0 spiro atoms. The number of nitrogens with zero attached hydrogens (tertiary/aromatic N) is 1. The van der Waals surface area contributed by atoms with Crippen molar-refractivity contribution in [1.29, 1.82) is 0 Å². The van der Waals surface area contributed by atoms with Crippen molar-refractivity contribution < 1.29 is 18.8 Å². The Morgan fingerprint density at radius 2 is 2.18 bits per heavy atom. The first-order chi connectivity index (χ1) is 8.10. The largest absolute Gasteiger partial charge is 0.490 e.